The Labute approximate surface area is 128 Å². The summed E-state index contributed by atoms with van der Waals surface area (Å²) in [5, 5.41) is 1.28. The van der Waals surface area contributed by atoms with E-state index in [0.29, 0.717) is 16.5 Å². The summed E-state index contributed by atoms with van der Waals surface area (Å²) in [5.74, 6) is 6.65. The molecule has 2 rings (SSSR count). The predicted molar refractivity (Wildman–Crippen MR) is 82.7 cm³/mol. The lowest BCUT2D eigenvalue weighted by molar-refractivity contribution is 0.517. The minimum Gasteiger partial charge on any atom is -0.335 e. The maximum absolute atomic E-state index is 6.23. The van der Waals surface area contributed by atoms with Gasteiger partial charge in [-0.25, -0.2) is 4.98 Å². The highest BCUT2D eigenvalue weighted by atomic mass is 35.5. The van der Waals surface area contributed by atoms with Crippen LogP contribution in [0, 0.1) is 0 Å². The van der Waals surface area contributed by atoms with Crippen molar-refractivity contribution in [3.8, 4) is 0 Å². The van der Waals surface area contributed by atoms with Gasteiger partial charge in [0, 0.05) is 35.4 Å². The van der Waals surface area contributed by atoms with E-state index in [1.165, 1.54) is 0 Å². The zero-order valence-electron chi connectivity index (χ0n) is 11.3. The van der Waals surface area contributed by atoms with Gasteiger partial charge in [-0.05, 0) is 30.2 Å². The molecule has 1 aromatic carbocycles. The molecule has 108 valence electrons. The topological polar surface area (TPSA) is 55.9 Å². The Bertz CT molecular complexity index is 568. The molecular weight excluding hydrogens is 295 g/mol. The number of aryl methyl sites for hydroxylation is 1. The van der Waals surface area contributed by atoms with Crippen LogP contribution in [-0.2, 0) is 13.0 Å². The standard InChI is InChI=1S/C14H18Cl2N4/c1-2-6-20-7-5-18-14(20)9-13(19-17)11-8-10(15)3-4-12(11)16/h3-5,7-8,13,19H,2,6,9,17H2,1H3. The van der Waals surface area contributed by atoms with Crippen LogP contribution < -0.4 is 11.3 Å². The first kappa shape index (κ1) is 15.3. The van der Waals surface area contributed by atoms with Crippen LogP contribution in [0.3, 0.4) is 0 Å². The molecule has 0 saturated heterocycles. The number of halogens is 2. The van der Waals surface area contributed by atoms with E-state index < -0.39 is 0 Å². The van der Waals surface area contributed by atoms with Crippen molar-refractivity contribution in [2.75, 3.05) is 0 Å². The highest BCUT2D eigenvalue weighted by Gasteiger charge is 2.17. The van der Waals surface area contributed by atoms with Crippen molar-refractivity contribution in [2.24, 2.45) is 5.84 Å². The molecule has 0 spiro atoms. The fourth-order valence-electron chi connectivity index (χ4n) is 2.20. The molecule has 0 bridgehead atoms. The van der Waals surface area contributed by atoms with Gasteiger partial charge in [0.15, 0.2) is 0 Å². The molecule has 1 heterocycles. The summed E-state index contributed by atoms with van der Waals surface area (Å²) in [6.45, 7) is 3.08. The number of imidazole rings is 1. The smallest absolute Gasteiger partial charge is 0.110 e. The minimum absolute atomic E-state index is 0.126. The number of benzene rings is 1. The van der Waals surface area contributed by atoms with Crippen molar-refractivity contribution >= 4 is 23.2 Å². The van der Waals surface area contributed by atoms with Gasteiger partial charge in [-0.2, -0.15) is 0 Å². The Morgan fingerprint density at radius 1 is 1.40 bits per heavy atom. The quantitative estimate of drug-likeness (QED) is 0.635. The van der Waals surface area contributed by atoms with Crippen molar-refractivity contribution < 1.29 is 0 Å². The fraction of sp³-hybridized carbons (Fsp3) is 0.357. The van der Waals surface area contributed by atoms with Crippen LogP contribution in [-0.4, -0.2) is 9.55 Å². The van der Waals surface area contributed by atoms with Gasteiger partial charge < -0.3 is 4.57 Å². The summed E-state index contributed by atoms with van der Waals surface area (Å²) in [7, 11) is 0. The minimum atomic E-state index is -0.126. The number of hydrazine groups is 1. The van der Waals surface area contributed by atoms with E-state index >= 15 is 0 Å². The zero-order valence-corrected chi connectivity index (χ0v) is 12.8. The van der Waals surface area contributed by atoms with Crippen molar-refractivity contribution in [2.45, 2.75) is 32.4 Å². The summed E-state index contributed by atoms with van der Waals surface area (Å²) in [5.41, 5.74) is 3.68. The number of rotatable bonds is 6. The first-order valence-corrected chi connectivity index (χ1v) is 7.32. The lowest BCUT2D eigenvalue weighted by atomic mass is 10.0. The number of hydrogen-bond acceptors (Lipinski definition) is 3. The first-order valence-electron chi connectivity index (χ1n) is 6.56. The zero-order chi connectivity index (χ0) is 14.5. The molecule has 0 amide bonds. The van der Waals surface area contributed by atoms with Gasteiger partial charge in [0.05, 0.1) is 6.04 Å². The van der Waals surface area contributed by atoms with Gasteiger partial charge in [-0.3, -0.25) is 11.3 Å². The number of nitrogens with zero attached hydrogens (tertiary/aromatic N) is 2. The van der Waals surface area contributed by atoms with E-state index in [-0.39, 0.29) is 6.04 Å². The molecule has 0 saturated carbocycles. The molecule has 0 aliphatic carbocycles. The summed E-state index contributed by atoms with van der Waals surface area (Å²) < 4.78 is 2.13. The highest BCUT2D eigenvalue weighted by molar-refractivity contribution is 6.33. The summed E-state index contributed by atoms with van der Waals surface area (Å²) >= 11 is 12.3. The van der Waals surface area contributed by atoms with E-state index in [1.807, 2.05) is 12.3 Å². The van der Waals surface area contributed by atoms with Crippen LogP contribution in [0.4, 0.5) is 0 Å². The second-order valence-electron chi connectivity index (χ2n) is 4.63. The molecule has 1 unspecified atom stereocenters. The highest BCUT2D eigenvalue weighted by Crippen LogP contribution is 2.28. The maximum Gasteiger partial charge on any atom is 0.110 e. The van der Waals surface area contributed by atoms with Crippen molar-refractivity contribution in [3.05, 3.63) is 52.0 Å². The summed E-state index contributed by atoms with van der Waals surface area (Å²) in [4.78, 5) is 4.39. The third-order valence-corrected chi connectivity index (χ3v) is 3.77. The fourth-order valence-corrected chi connectivity index (χ4v) is 2.63. The number of nitrogens with two attached hydrogens (primary N) is 1. The molecule has 2 aromatic rings. The molecule has 0 aliphatic rings. The Morgan fingerprint density at radius 3 is 2.90 bits per heavy atom. The molecule has 6 heteroatoms. The van der Waals surface area contributed by atoms with Gasteiger partial charge >= 0.3 is 0 Å². The van der Waals surface area contributed by atoms with E-state index in [4.69, 9.17) is 29.0 Å². The van der Waals surface area contributed by atoms with Gasteiger partial charge in [0.1, 0.15) is 5.82 Å². The van der Waals surface area contributed by atoms with Crippen LogP contribution in [0.15, 0.2) is 30.6 Å². The molecule has 0 aliphatic heterocycles. The van der Waals surface area contributed by atoms with Crippen LogP contribution in [0.1, 0.15) is 30.8 Å². The normalized spacial score (nSPS) is 12.6. The van der Waals surface area contributed by atoms with Gasteiger partial charge in [0.25, 0.3) is 0 Å². The van der Waals surface area contributed by atoms with E-state index in [1.54, 1.807) is 18.3 Å². The third kappa shape index (κ3) is 3.52. The van der Waals surface area contributed by atoms with Crippen LogP contribution in [0.5, 0.6) is 0 Å². The first-order chi connectivity index (χ1) is 9.65. The Hall–Kier alpha value is -1.07. The number of nitrogens with one attached hydrogen (secondary N) is 1. The van der Waals surface area contributed by atoms with E-state index in [2.05, 4.69) is 21.9 Å². The Kier molecular flexibility index (Phi) is 5.43. The molecule has 0 radical (unpaired) electrons. The predicted octanol–water partition coefficient (Wildman–Crippen LogP) is 3.35. The van der Waals surface area contributed by atoms with Gasteiger partial charge in [-0.1, -0.05) is 30.1 Å². The van der Waals surface area contributed by atoms with Crippen LogP contribution >= 0.6 is 23.2 Å². The lowest BCUT2D eigenvalue weighted by Crippen LogP contribution is -2.30. The SMILES string of the molecule is CCCn1ccnc1CC(NN)c1cc(Cl)ccc1Cl. The molecule has 0 fully saturated rings. The molecule has 20 heavy (non-hydrogen) atoms. The van der Waals surface area contributed by atoms with Gasteiger partial charge in [-0.15, -0.1) is 0 Å². The molecular formula is C14H18Cl2N4. The van der Waals surface area contributed by atoms with Gasteiger partial charge in [0.2, 0.25) is 0 Å². The monoisotopic (exact) mass is 312 g/mol. The van der Waals surface area contributed by atoms with Crippen molar-refractivity contribution in [1.29, 1.82) is 0 Å². The van der Waals surface area contributed by atoms with Crippen molar-refractivity contribution in [1.82, 2.24) is 15.0 Å². The van der Waals surface area contributed by atoms with E-state index in [9.17, 15) is 0 Å². The molecule has 3 N–H and O–H groups in total. The number of hydrogen-bond donors (Lipinski definition) is 2. The second-order valence-corrected chi connectivity index (χ2v) is 5.47. The molecule has 4 nitrogen and oxygen atoms in total. The lowest BCUT2D eigenvalue weighted by Gasteiger charge is -2.18. The molecule has 1 atom stereocenters. The summed E-state index contributed by atoms with van der Waals surface area (Å²) in [6.07, 6.45) is 5.50. The second kappa shape index (κ2) is 7.09. The third-order valence-electron chi connectivity index (χ3n) is 3.19. The van der Waals surface area contributed by atoms with Crippen LogP contribution in [0.2, 0.25) is 10.0 Å². The number of aromatic nitrogens is 2. The largest absolute Gasteiger partial charge is 0.335 e. The van der Waals surface area contributed by atoms with Crippen molar-refractivity contribution in [3.63, 3.8) is 0 Å². The maximum atomic E-state index is 6.23. The van der Waals surface area contributed by atoms with Crippen LogP contribution in [0.25, 0.3) is 0 Å². The average molecular weight is 313 g/mol. The summed E-state index contributed by atoms with van der Waals surface area (Å²) in [6, 6.07) is 5.25. The average Bonchev–Trinajstić information content (AvgIpc) is 2.87. The molecule has 1 aromatic heterocycles. The van der Waals surface area contributed by atoms with E-state index in [0.717, 1.165) is 24.4 Å². The Morgan fingerprint density at radius 2 is 2.20 bits per heavy atom. The Balaban J connectivity index is 2.24.